The Morgan fingerprint density at radius 3 is 2.29 bits per heavy atom. The van der Waals surface area contributed by atoms with Gasteiger partial charge in [0.1, 0.15) is 5.60 Å². The maximum absolute atomic E-state index is 11.2. The van der Waals surface area contributed by atoms with Crippen molar-refractivity contribution < 1.29 is 17.7 Å². The third-order valence-corrected chi connectivity index (χ3v) is 3.30. The van der Waals surface area contributed by atoms with Crippen molar-refractivity contribution in [3.05, 3.63) is 34.9 Å². The summed E-state index contributed by atoms with van der Waals surface area (Å²) in [5, 5.41) is 9.57. The number of hydrogen-bond acceptors (Lipinski definition) is 4. The zero-order valence-corrected chi connectivity index (χ0v) is 11.3. The van der Waals surface area contributed by atoms with Crippen molar-refractivity contribution in [3.8, 4) is 0 Å². The number of halogens is 1. The van der Waals surface area contributed by atoms with Crippen molar-refractivity contribution in [2.75, 3.05) is 12.9 Å². The lowest BCUT2D eigenvalue weighted by Crippen LogP contribution is -2.30. The molecule has 1 unspecified atom stereocenters. The maximum atomic E-state index is 11.2. The summed E-state index contributed by atoms with van der Waals surface area (Å²) < 4.78 is 27.5. The minimum Gasteiger partial charge on any atom is -0.396 e. The SMILES string of the molecule is CC(CCO)(OS(C)(=O)=O)c1ccc(Cl)cc1. The van der Waals surface area contributed by atoms with Crippen LogP contribution >= 0.6 is 11.6 Å². The largest absolute Gasteiger partial charge is 0.396 e. The number of aliphatic hydroxyl groups excluding tert-OH is 1. The Balaban J connectivity index is 3.10. The van der Waals surface area contributed by atoms with E-state index < -0.39 is 15.7 Å². The molecule has 0 aliphatic carbocycles. The van der Waals surface area contributed by atoms with Gasteiger partial charge in [0.2, 0.25) is 0 Å². The summed E-state index contributed by atoms with van der Waals surface area (Å²) in [6.07, 6.45) is 1.17. The summed E-state index contributed by atoms with van der Waals surface area (Å²) in [5.41, 5.74) is -0.422. The minimum atomic E-state index is -3.61. The summed E-state index contributed by atoms with van der Waals surface area (Å²) >= 11 is 5.76. The van der Waals surface area contributed by atoms with E-state index in [9.17, 15) is 8.42 Å². The lowest BCUT2D eigenvalue weighted by molar-refractivity contribution is 0.0643. The van der Waals surface area contributed by atoms with Crippen LogP contribution in [0.25, 0.3) is 0 Å². The van der Waals surface area contributed by atoms with E-state index >= 15 is 0 Å². The first-order valence-electron chi connectivity index (χ1n) is 5.04. The number of hydrogen-bond donors (Lipinski definition) is 1. The molecule has 0 saturated heterocycles. The quantitative estimate of drug-likeness (QED) is 0.836. The monoisotopic (exact) mass is 278 g/mol. The highest BCUT2D eigenvalue weighted by atomic mass is 35.5. The summed E-state index contributed by atoms with van der Waals surface area (Å²) in [7, 11) is -3.61. The minimum absolute atomic E-state index is 0.172. The van der Waals surface area contributed by atoms with Crippen LogP contribution in [-0.4, -0.2) is 26.4 Å². The van der Waals surface area contributed by atoms with Crippen LogP contribution < -0.4 is 0 Å². The van der Waals surface area contributed by atoms with Gasteiger partial charge in [0.05, 0.1) is 6.26 Å². The van der Waals surface area contributed by atoms with Crippen LogP contribution in [0.3, 0.4) is 0 Å². The number of aliphatic hydroxyl groups is 1. The van der Waals surface area contributed by atoms with E-state index in [4.69, 9.17) is 20.9 Å². The molecule has 1 rings (SSSR count). The average Bonchev–Trinajstić information content (AvgIpc) is 2.15. The predicted molar refractivity (Wildman–Crippen MR) is 66.4 cm³/mol. The van der Waals surface area contributed by atoms with Crippen molar-refractivity contribution in [3.63, 3.8) is 0 Å². The van der Waals surface area contributed by atoms with Crippen LogP contribution in [0, 0.1) is 0 Å². The van der Waals surface area contributed by atoms with Gasteiger partial charge in [-0.3, -0.25) is 4.18 Å². The Morgan fingerprint density at radius 1 is 1.35 bits per heavy atom. The van der Waals surface area contributed by atoms with E-state index in [1.54, 1.807) is 31.2 Å². The van der Waals surface area contributed by atoms with Crippen LogP contribution in [0.15, 0.2) is 24.3 Å². The fourth-order valence-corrected chi connectivity index (χ4v) is 2.56. The second kappa shape index (κ2) is 5.35. The van der Waals surface area contributed by atoms with E-state index in [1.165, 1.54) is 0 Å². The van der Waals surface area contributed by atoms with Gasteiger partial charge in [-0.1, -0.05) is 23.7 Å². The van der Waals surface area contributed by atoms with Crippen LogP contribution in [0.1, 0.15) is 18.9 Å². The first-order valence-corrected chi connectivity index (χ1v) is 7.24. The zero-order chi connectivity index (χ0) is 13.1. The third kappa shape index (κ3) is 4.27. The summed E-state index contributed by atoms with van der Waals surface area (Å²) in [6.45, 7) is 1.45. The standard InChI is InChI=1S/C11H15ClO4S/c1-11(7-8-13,16-17(2,14)15)9-3-5-10(12)6-4-9/h3-6,13H,7-8H2,1-2H3. The number of benzene rings is 1. The molecule has 1 N–H and O–H groups in total. The van der Waals surface area contributed by atoms with Gasteiger partial charge in [0.25, 0.3) is 10.1 Å². The second-order valence-corrected chi connectivity index (χ2v) is 6.01. The Hall–Kier alpha value is -0.620. The smallest absolute Gasteiger partial charge is 0.265 e. The van der Waals surface area contributed by atoms with Crippen LogP contribution in [0.2, 0.25) is 5.02 Å². The van der Waals surface area contributed by atoms with Crippen LogP contribution in [0.4, 0.5) is 0 Å². The summed E-state index contributed by atoms with van der Waals surface area (Å²) in [5.74, 6) is 0. The second-order valence-electron chi connectivity index (χ2n) is 4.00. The molecular formula is C11H15ClO4S. The highest BCUT2D eigenvalue weighted by molar-refractivity contribution is 7.86. The summed E-state index contributed by atoms with van der Waals surface area (Å²) in [6, 6.07) is 6.67. The highest BCUT2D eigenvalue weighted by Crippen LogP contribution is 2.31. The molecule has 17 heavy (non-hydrogen) atoms. The van der Waals surface area contributed by atoms with Crippen molar-refractivity contribution in [1.82, 2.24) is 0 Å². The Bertz CT molecular complexity index is 469. The van der Waals surface area contributed by atoms with Gasteiger partial charge < -0.3 is 5.11 Å². The topological polar surface area (TPSA) is 63.6 Å². The van der Waals surface area contributed by atoms with E-state index in [1.807, 2.05) is 0 Å². The normalized spacial score (nSPS) is 15.5. The molecule has 0 bridgehead atoms. The molecule has 0 radical (unpaired) electrons. The molecule has 1 aromatic carbocycles. The van der Waals surface area contributed by atoms with Gasteiger partial charge in [-0.05, 0) is 24.6 Å². The predicted octanol–water partition coefficient (Wildman–Crippen LogP) is 1.91. The first kappa shape index (κ1) is 14.4. The highest BCUT2D eigenvalue weighted by Gasteiger charge is 2.31. The van der Waals surface area contributed by atoms with Gasteiger partial charge >= 0.3 is 0 Å². The van der Waals surface area contributed by atoms with Crippen molar-refractivity contribution >= 4 is 21.7 Å². The molecule has 0 heterocycles. The van der Waals surface area contributed by atoms with Gasteiger partial charge in [-0.2, -0.15) is 8.42 Å². The number of rotatable bonds is 5. The van der Waals surface area contributed by atoms with Gasteiger partial charge in [0.15, 0.2) is 0 Å². The zero-order valence-electron chi connectivity index (χ0n) is 9.68. The first-order chi connectivity index (χ1) is 7.77. The molecule has 96 valence electrons. The van der Waals surface area contributed by atoms with E-state index in [2.05, 4.69) is 0 Å². The molecule has 0 aliphatic rings. The molecule has 6 heteroatoms. The lowest BCUT2D eigenvalue weighted by atomic mass is 9.93. The average molecular weight is 279 g/mol. The van der Waals surface area contributed by atoms with Gasteiger partial charge in [-0.25, -0.2) is 0 Å². The maximum Gasteiger partial charge on any atom is 0.265 e. The van der Waals surface area contributed by atoms with Crippen molar-refractivity contribution in [2.24, 2.45) is 0 Å². The summed E-state index contributed by atoms with van der Waals surface area (Å²) in [4.78, 5) is 0. The Labute approximate surface area is 106 Å². The molecule has 0 amide bonds. The Morgan fingerprint density at radius 2 is 1.88 bits per heavy atom. The molecule has 4 nitrogen and oxygen atoms in total. The molecule has 0 aliphatic heterocycles. The fraction of sp³-hybridized carbons (Fsp3) is 0.455. The van der Waals surface area contributed by atoms with E-state index in [0.29, 0.717) is 10.6 Å². The van der Waals surface area contributed by atoms with Crippen LogP contribution in [-0.2, 0) is 19.9 Å². The molecule has 1 aromatic rings. The molecule has 1 atom stereocenters. The van der Waals surface area contributed by atoms with E-state index in [-0.39, 0.29) is 13.0 Å². The van der Waals surface area contributed by atoms with E-state index in [0.717, 1.165) is 6.26 Å². The molecule has 0 spiro atoms. The fourth-order valence-electron chi connectivity index (χ4n) is 1.58. The van der Waals surface area contributed by atoms with Crippen molar-refractivity contribution in [1.29, 1.82) is 0 Å². The lowest BCUT2D eigenvalue weighted by Gasteiger charge is -2.28. The Kier molecular flexibility index (Phi) is 4.55. The van der Waals surface area contributed by atoms with Gasteiger partial charge in [0, 0.05) is 18.1 Å². The molecule has 0 saturated carbocycles. The molecule has 0 fully saturated rings. The molecule has 0 aromatic heterocycles. The molecular weight excluding hydrogens is 264 g/mol. The van der Waals surface area contributed by atoms with Crippen molar-refractivity contribution in [2.45, 2.75) is 18.9 Å². The van der Waals surface area contributed by atoms with Crippen LogP contribution in [0.5, 0.6) is 0 Å². The third-order valence-electron chi connectivity index (χ3n) is 2.38. The van der Waals surface area contributed by atoms with Gasteiger partial charge in [-0.15, -0.1) is 0 Å².